The maximum absolute atomic E-state index is 13.3. The third-order valence-electron chi connectivity index (χ3n) is 7.25. The SMILES string of the molecule is C=CC(=O)OCCCCCOC1CCC(C#CC2CCC(C#CC3CCC(F)CC3)NC2)CC1. The van der Waals surface area contributed by atoms with Gasteiger partial charge in [0.05, 0.1) is 18.8 Å². The Hall–Kier alpha value is -1.82. The van der Waals surface area contributed by atoms with Crippen molar-refractivity contribution in [2.24, 2.45) is 17.8 Å². The van der Waals surface area contributed by atoms with Gasteiger partial charge in [-0.3, -0.25) is 0 Å². The summed E-state index contributed by atoms with van der Waals surface area (Å²) in [7, 11) is 0. The van der Waals surface area contributed by atoms with Crippen LogP contribution >= 0.6 is 0 Å². The smallest absolute Gasteiger partial charge is 0.330 e. The van der Waals surface area contributed by atoms with Crippen molar-refractivity contribution < 1.29 is 18.7 Å². The first-order valence-corrected chi connectivity index (χ1v) is 13.4. The Balaban J connectivity index is 1.22. The van der Waals surface area contributed by atoms with Crippen LogP contribution in [0.4, 0.5) is 4.39 Å². The molecule has 0 bridgehead atoms. The molecule has 2 saturated carbocycles. The molecule has 1 heterocycles. The largest absolute Gasteiger partial charge is 0.463 e. The molecule has 3 aliphatic rings. The quantitative estimate of drug-likeness (QED) is 0.224. The summed E-state index contributed by atoms with van der Waals surface area (Å²) in [6.07, 6.45) is 13.7. The Labute approximate surface area is 205 Å². The third-order valence-corrected chi connectivity index (χ3v) is 7.25. The van der Waals surface area contributed by atoms with Gasteiger partial charge in [-0.15, -0.1) is 0 Å². The van der Waals surface area contributed by atoms with E-state index in [1.807, 2.05) is 0 Å². The number of ether oxygens (including phenoxy) is 2. The zero-order valence-corrected chi connectivity index (χ0v) is 20.7. The number of halogens is 1. The monoisotopic (exact) mass is 471 g/mol. The predicted molar refractivity (Wildman–Crippen MR) is 134 cm³/mol. The highest BCUT2D eigenvalue weighted by Crippen LogP contribution is 2.27. The summed E-state index contributed by atoms with van der Waals surface area (Å²) in [6, 6.07) is 0.274. The molecule has 2 aliphatic carbocycles. The maximum atomic E-state index is 13.3. The number of carbonyl (C=O) groups is 1. The van der Waals surface area contributed by atoms with E-state index in [2.05, 4.69) is 35.6 Å². The molecule has 0 amide bonds. The average molecular weight is 472 g/mol. The first-order chi connectivity index (χ1) is 16.6. The minimum Gasteiger partial charge on any atom is -0.463 e. The van der Waals surface area contributed by atoms with E-state index < -0.39 is 6.17 Å². The maximum Gasteiger partial charge on any atom is 0.330 e. The first-order valence-electron chi connectivity index (χ1n) is 13.4. The fourth-order valence-corrected chi connectivity index (χ4v) is 4.99. The van der Waals surface area contributed by atoms with Gasteiger partial charge in [-0.2, -0.15) is 0 Å². The summed E-state index contributed by atoms with van der Waals surface area (Å²) in [6.45, 7) is 5.56. The van der Waals surface area contributed by atoms with Gasteiger partial charge in [0.15, 0.2) is 0 Å². The van der Waals surface area contributed by atoms with Gasteiger partial charge in [0.1, 0.15) is 6.17 Å². The number of hydrogen-bond acceptors (Lipinski definition) is 4. The minimum atomic E-state index is -0.606. The Morgan fingerprint density at radius 1 is 0.824 bits per heavy atom. The summed E-state index contributed by atoms with van der Waals surface area (Å²) < 4.78 is 24.3. The van der Waals surface area contributed by atoms with E-state index in [0.29, 0.717) is 43.3 Å². The van der Waals surface area contributed by atoms with E-state index in [1.165, 1.54) is 6.08 Å². The van der Waals surface area contributed by atoms with Crippen LogP contribution in [-0.4, -0.2) is 44.0 Å². The fourth-order valence-electron chi connectivity index (χ4n) is 4.99. The van der Waals surface area contributed by atoms with Crippen LogP contribution in [0.3, 0.4) is 0 Å². The number of unbranched alkanes of at least 4 members (excludes halogenated alkanes) is 2. The summed E-state index contributed by atoms with van der Waals surface area (Å²) >= 11 is 0. The van der Waals surface area contributed by atoms with Gasteiger partial charge < -0.3 is 14.8 Å². The summed E-state index contributed by atoms with van der Waals surface area (Å²) in [5.74, 6) is 14.9. The first kappa shape index (κ1) is 26.8. The molecule has 2 unspecified atom stereocenters. The molecule has 3 fully saturated rings. The molecule has 188 valence electrons. The molecule has 5 heteroatoms. The second-order valence-electron chi connectivity index (χ2n) is 10.0. The minimum absolute atomic E-state index is 0.274. The molecule has 0 aromatic carbocycles. The van der Waals surface area contributed by atoms with Gasteiger partial charge in [-0.25, -0.2) is 9.18 Å². The number of hydrogen-bond donors (Lipinski definition) is 1. The molecule has 0 aromatic heterocycles. The van der Waals surface area contributed by atoms with E-state index in [0.717, 1.165) is 83.8 Å². The Morgan fingerprint density at radius 3 is 2.12 bits per heavy atom. The van der Waals surface area contributed by atoms with E-state index in [1.54, 1.807) is 0 Å². The Kier molecular flexibility index (Phi) is 12.0. The predicted octanol–water partition coefficient (Wildman–Crippen LogP) is 5.36. The van der Waals surface area contributed by atoms with Crippen molar-refractivity contribution >= 4 is 5.97 Å². The molecule has 34 heavy (non-hydrogen) atoms. The molecule has 2 atom stereocenters. The highest BCUT2D eigenvalue weighted by molar-refractivity contribution is 5.81. The van der Waals surface area contributed by atoms with Gasteiger partial charge in [-0.1, -0.05) is 30.3 Å². The van der Waals surface area contributed by atoms with Crippen LogP contribution in [0.25, 0.3) is 0 Å². The van der Waals surface area contributed by atoms with Crippen LogP contribution in [0, 0.1) is 41.4 Å². The van der Waals surface area contributed by atoms with Crippen LogP contribution < -0.4 is 5.32 Å². The molecule has 4 nitrogen and oxygen atoms in total. The summed E-state index contributed by atoms with van der Waals surface area (Å²) in [5.41, 5.74) is 0. The van der Waals surface area contributed by atoms with Crippen molar-refractivity contribution in [3.05, 3.63) is 12.7 Å². The molecular formula is C29H42FNO3. The van der Waals surface area contributed by atoms with Gasteiger partial charge in [-0.05, 0) is 83.5 Å². The highest BCUT2D eigenvalue weighted by Gasteiger charge is 2.22. The molecule has 0 aromatic rings. The standard InChI is InChI=1S/C29H42FNO3/c1-2-29(32)34-21-5-3-4-20-33-28-18-12-23(13-19-28)6-7-25-11-17-27(31-22-25)16-10-24-8-14-26(30)15-9-24/h2,23-28,31H,1,3-5,8-9,11-15,17-22H2. The van der Waals surface area contributed by atoms with Crippen LogP contribution in [0.2, 0.25) is 0 Å². The van der Waals surface area contributed by atoms with Gasteiger partial charge >= 0.3 is 5.97 Å². The lowest BCUT2D eigenvalue weighted by molar-refractivity contribution is -0.137. The zero-order chi connectivity index (χ0) is 24.0. The second-order valence-corrected chi connectivity index (χ2v) is 10.0. The second kappa shape index (κ2) is 15.2. The van der Waals surface area contributed by atoms with Gasteiger partial charge in [0.2, 0.25) is 0 Å². The number of carbonyl (C=O) groups excluding carboxylic acids is 1. The Morgan fingerprint density at radius 2 is 1.44 bits per heavy atom. The van der Waals surface area contributed by atoms with E-state index in [9.17, 15) is 9.18 Å². The van der Waals surface area contributed by atoms with Crippen molar-refractivity contribution in [3.8, 4) is 23.7 Å². The number of nitrogens with one attached hydrogen (secondary N) is 1. The van der Waals surface area contributed by atoms with Gasteiger partial charge in [0.25, 0.3) is 0 Å². The Bertz CT molecular complexity index is 737. The van der Waals surface area contributed by atoms with Gasteiger partial charge in [0, 0.05) is 37.0 Å². The molecule has 3 rings (SSSR count). The lowest BCUT2D eigenvalue weighted by Gasteiger charge is -2.27. The zero-order valence-electron chi connectivity index (χ0n) is 20.7. The van der Waals surface area contributed by atoms with Crippen LogP contribution in [0.15, 0.2) is 12.7 Å². The van der Waals surface area contributed by atoms with Crippen molar-refractivity contribution in [3.63, 3.8) is 0 Å². The molecule has 1 N–H and O–H groups in total. The van der Waals surface area contributed by atoms with E-state index in [-0.39, 0.29) is 12.0 Å². The van der Waals surface area contributed by atoms with Crippen LogP contribution in [-0.2, 0) is 14.3 Å². The number of esters is 1. The van der Waals surface area contributed by atoms with Crippen LogP contribution in [0.5, 0.6) is 0 Å². The number of piperidine rings is 1. The van der Waals surface area contributed by atoms with Crippen molar-refractivity contribution in [1.29, 1.82) is 0 Å². The van der Waals surface area contributed by atoms with Crippen molar-refractivity contribution in [1.82, 2.24) is 5.32 Å². The normalized spacial score (nSPS) is 31.3. The highest BCUT2D eigenvalue weighted by atomic mass is 19.1. The third kappa shape index (κ3) is 10.2. The molecule has 0 spiro atoms. The van der Waals surface area contributed by atoms with E-state index in [4.69, 9.17) is 9.47 Å². The molecule has 0 radical (unpaired) electrons. The topological polar surface area (TPSA) is 47.6 Å². The lowest BCUT2D eigenvalue weighted by atomic mass is 9.86. The van der Waals surface area contributed by atoms with E-state index >= 15 is 0 Å². The van der Waals surface area contributed by atoms with Crippen molar-refractivity contribution in [2.45, 2.75) is 102 Å². The molecule has 1 aliphatic heterocycles. The summed E-state index contributed by atoms with van der Waals surface area (Å²) in [4.78, 5) is 11.0. The molecular weight excluding hydrogens is 429 g/mol. The summed E-state index contributed by atoms with van der Waals surface area (Å²) in [5, 5.41) is 3.56. The fraction of sp³-hybridized carbons (Fsp3) is 0.759. The molecule has 1 saturated heterocycles. The van der Waals surface area contributed by atoms with Crippen molar-refractivity contribution in [2.75, 3.05) is 19.8 Å². The average Bonchev–Trinajstić information content (AvgIpc) is 2.87. The number of rotatable bonds is 8. The lowest BCUT2D eigenvalue weighted by Crippen LogP contribution is -2.37. The number of alkyl halides is 1. The van der Waals surface area contributed by atoms with Crippen LogP contribution in [0.1, 0.15) is 83.5 Å².